The van der Waals surface area contributed by atoms with Crippen molar-refractivity contribution >= 4 is 38.8 Å². The van der Waals surface area contributed by atoms with E-state index in [2.05, 4.69) is 224 Å². The standard InChI is InChI=1S/C59H46N2/c1-41-32-39-56(42-18-5-2-6-19-42)60-55(43-33-36-47(37-34-43)61-57-30-15-12-25-51(57)52-26-13-16-31-58(52)61)29-17-27-48(41)44-35-38-50-49-24-11-14-28-53(49)59(54(50)40-44,45-20-7-3-8-21-45)46-22-9-4-10-23-46/h2-16,18-26,28-31,33-38,40H,17,27,32,39H2,1H3/b48-41-,55-29-,60-56?. The Hall–Kier alpha value is -7.29. The van der Waals surface area contributed by atoms with Crippen LogP contribution in [0.1, 0.15) is 71.6 Å². The second-order valence-corrected chi connectivity index (χ2v) is 16.5. The molecule has 0 atom stereocenters. The van der Waals surface area contributed by atoms with Crippen molar-refractivity contribution in [3.63, 3.8) is 0 Å². The third-order valence-electron chi connectivity index (χ3n) is 13.2. The lowest BCUT2D eigenvalue weighted by Gasteiger charge is -2.34. The SMILES string of the molecule is C/C1=C(/c2ccc3c(c2)C(c2ccccc2)(c2ccccc2)c2ccccc2-3)CC/C=C(/c2ccc(-n3c4ccccc4c4ccccc43)cc2)N=C(c2ccccc2)CC1. The zero-order valence-corrected chi connectivity index (χ0v) is 34.4. The minimum absolute atomic E-state index is 0.430. The van der Waals surface area contributed by atoms with Gasteiger partial charge in [0.05, 0.1) is 22.1 Å². The van der Waals surface area contributed by atoms with Gasteiger partial charge in [-0.1, -0.05) is 188 Å². The molecule has 1 aliphatic carbocycles. The molecule has 2 aliphatic rings. The number of rotatable bonds is 6. The third kappa shape index (κ3) is 6.21. The summed E-state index contributed by atoms with van der Waals surface area (Å²) < 4.78 is 2.38. The Morgan fingerprint density at radius 2 is 1.02 bits per heavy atom. The molecule has 1 aliphatic heterocycles. The highest BCUT2D eigenvalue weighted by molar-refractivity contribution is 6.09. The van der Waals surface area contributed by atoms with Gasteiger partial charge in [-0.3, -0.25) is 4.99 Å². The smallest absolute Gasteiger partial charge is 0.0713 e. The van der Waals surface area contributed by atoms with Gasteiger partial charge in [-0.15, -0.1) is 0 Å². The monoisotopic (exact) mass is 782 g/mol. The van der Waals surface area contributed by atoms with E-state index in [0.29, 0.717) is 0 Å². The summed E-state index contributed by atoms with van der Waals surface area (Å²) in [4.78, 5) is 5.51. The van der Waals surface area contributed by atoms with Crippen LogP contribution in [0.25, 0.3) is 49.9 Å². The molecule has 1 aromatic heterocycles. The van der Waals surface area contributed by atoms with E-state index in [-0.39, 0.29) is 0 Å². The Labute approximate surface area is 358 Å². The van der Waals surface area contributed by atoms with Crippen molar-refractivity contribution in [3.8, 4) is 16.8 Å². The van der Waals surface area contributed by atoms with Gasteiger partial charge in [0.1, 0.15) is 0 Å². The van der Waals surface area contributed by atoms with E-state index >= 15 is 0 Å². The molecule has 2 heterocycles. The fraction of sp³-hybridized carbons (Fsp3) is 0.102. The van der Waals surface area contributed by atoms with Gasteiger partial charge in [-0.25, -0.2) is 0 Å². The van der Waals surface area contributed by atoms with Crippen LogP contribution >= 0.6 is 0 Å². The van der Waals surface area contributed by atoms with Crippen LogP contribution in [-0.2, 0) is 5.41 Å². The summed E-state index contributed by atoms with van der Waals surface area (Å²) in [6.45, 7) is 2.35. The number of fused-ring (bicyclic) bond motifs is 6. The molecule has 8 aromatic carbocycles. The average Bonchev–Trinajstić information content (AvgIpc) is 3.82. The summed E-state index contributed by atoms with van der Waals surface area (Å²) in [6, 6.07) is 75.8. The zero-order valence-electron chi connectivity index (χ0n) is 34.4. The first kappa shape index (κ1) is 36.8. The largest absolute Gasteiger partial charge is 0.309 e. The molecule has 292 valence electrons. The van der Waals surface area contributed by atoms with Crippen LogP contribution in [0.3, 0.4) is 0 Å². The normalized spacial score (nSPS) is 17.0. The maximum Gasteiger partial charge on any atom is 0.0713 e. The van der Waals surface area contributed by atoms with Gasteiger partial charge < -0.3 is 4.57 Å². The number of para-hydroxylation sites is 2. The van der Waals surface area contributed by atoms with Gasteiger partial charge in [0.2, 0.25) is 0 Å². The van der Waals surface area contributed by atoms with Gasteiger partial charge in [0.15, 0.2) is 0 Å². The maximum atomic E-state index is 5.51. The molecule has 0 fully saturated rings. The second kappa shape index (κ2) is 15.4. The summed E-state index contributed by atoms with van der Waals surface area (Å²) in [5, 5.41) is 2.54. The van der Waals surface area contributed by atoms with Crippen LogP contribution in [0.4, 0.5) is 0 Å². The van der Waals surface area contributed by atoms with Gasteiger partial charge in [-0.2, -0.15) is 0 Å². The van der Waals surface area contributed by atoms with Gasteiger partial charge in [0, 0.05) is 22.2 Å². The van der Waals surface area contributed by atoms with Crippen molar-refractivity contribution < 1.29 is 0 Å². The first-order valence-corrected chi connectivity index (χ1v) is 21.6. The average molecular weight is 783 g/mol. The van der Waals surface area contributed by atoms with E-state index in [9.17, 15) is 0 Å². The van der Waals surface area contributed by atoms with Crippen LogP contribution in [0.15, 0.2) is 223 Å². The number of benzene rings is 8. The van der Waals surface area contributed by atoms with Gasteiger partial charge in [-0.05, 0) is 119 Å². The van der Waals surface area contributed by atoms with Crippen molar-refractivity contribution in [2.75, 3.05) is 0 Å². The van der Waals surface area contributed by atoms with E-state index < -0.39 is 5.41 Å². The van der Waals surface area contributed by atoms with E-state index in [1.165, 1.54) is 77.5 Å². The summed E-state index contributed by atoms with van der Waals surface area (Å²) in [5.74, 6) is 0. The Morgan fingerprint density at radius 3 is 1.69 bits per heavy atom. The van der Waals surface area contributed by atoms with Crippen molar-refractivity contribution in [3.05, 3.63) is 257 Å². The van der Waals surface area contributed by atoms with Crippen molar-refractivity contribution in [1.29, 1.82) is 0 Å². The van der Waals surface area contributed by atoms with Crippen LogP contribution in [0.5, 0.6) is 0 Å². The molecule has 61 heavy (non-hydrogen) atoms. The number of allylic oxidation sites excluding steroid dienone is 3. The van der Waals surface area contributed by atoms with Crippen molar-refractivity contribution in [2.24, 2.45) is 4.99 Å². The van der Waals surface area contributed by atoms with Crippen LogP contribution in [-0.4, -0.2) is 10.3 Å². The molecule has 0 radical (unpaired) electrons. The third-order valence-corrected chi connectivity index (χ3v) is 13.2. The molecule has 0 amide bonds. The van der Waals surface area contributed by atoms with E-state index in [1.807, 2.05) is 0 Å². The molecule has 2 heteroatoms. The molecule has 11 rings (SSSR count). The van der Waals surface area contributed by atoms with Crippen LogP contribution in [0, 0.1) is 0 Å². The minimum atomic E-state index is -0.430. The van der Waals surface area contributed by atoms with Crippen molar-refractivity contribution in [2.45, 2.75) is 38.0 Å². The number of aromatic nitrogens is 1. The number of hydrogen-bond donors (Lipinski definition) is 0. The predicted molar refractivity (Wildman–Crippen MR) is 257 cm³/mol. The summed E-state index contributed by atoms with van der Waals surface area (Å²) in [5.41, 5.74) is 19.7. The van der Waals surface area contributed by atoms with Crippen LogP contribution in [0.2, 0.25) is 0 Å². The molecular formula is C59H46N2. The van der Waals surface area contributed by atoms with E-state index in [1.54, 1.807) is 0 Å². The second-order valence-electron chi connectivity index (χ2n) is 16.5. The maximum absolute atomic E-state index is 5.51. The summed E-state index contributed by atoms with van der Waals surface area (Å²) in [7, 11) is 0. The first-order valence-electron chi connectivity index (χ1n) is 21.6. The fourth-order valence-electron chi connectivity index (χ4n) is 10.3. The molecule has 0 N–H and O–H groups in total. The zero-order chi connectivity index (χ0) is 40.8. The topological polar surface area (TPSA) is 17.3 Å². The lowest BCUT2D eigenvalue weighted by molar-refractivity contribution is 0.768. The van der Waals surface area contributed by atoms with E-state index in [0.717, 1.165) is 48.3 Å². The Bertz CT molecular complexity index is 3070. The molecule has 0 spiro atoms. The molecule has 0 unspecified atom stereocenters. The molecule has 9 aromatic rings. The molecule has 0 bridgehead atoms. The van der Waals surface area contributed by atoms with E-state index in [4.69, 9.17) is 4.99 Å². The van der Waals surface area contributed by atoms with Gasteiger partial charge in [0.25, 0.3) is 0 Å². The highest BCUT2D eigenvalue weighted by Gasteiger charge is 2.46. The highest BCUT2D eigenvalue weighted by atomic mass is 15.0. The molecule has 2 nitrogen and oxygen atoms in total. The summed E-state index contributed by atoms with van der Waals surface area (Å²) in [6.07, 6.45) is 5.97. The lowest BCUT2D eigenvalue weighted by Crippen LogP contribution is -2.28. The fourth-order valence-corrected chi connectivity index (χ4v) is 10.3. The minimum Gasteiger partial charge on any atom is -0.309 e. The van der Waals surface area contributed by atoms with Crippen LogP contribution < -0.4 is 0 Å². The first-order chi connectivity index (χ1) is 30.2. The summed E-state index contributed by atoms with van der Waals surface area (Å²) >= 11 is 0. The predicted octanol–water partition coefficient (Wildman–Crippen LogP) is 15.0. The number of hydrogen-bond acceptors (Lipinski definition) is 1. The quantitative estimate of drug-likeness (QED) is 0.160. The molecule has 0 saturated heterocycles. The van der Waals surface area contributed by atoms with Gasteiger partial charge >= 0.3 is 0 Å². The molecular weight excluding hydrogens is 737 g/mol. The Morgan fingerprint density at radius 1 is 0.459 bits per heavy atom. The molecule has 0 saturated carbocycles. The Kier molecular flexibility index (Phi) is 9.27. The van der Waals surface area contributed by atoms with Crippen molar-refractivity contribution in [1.82, 2.24) is 4.57 Å². The lowest BCUT2D eigenvalue weighted by atomic mass is 9.67. The highest BCUT2D eigenvalue weighted by Crippen LogP contribution is 2.56. The number of aliphatic imine (C=N–C) groups is 1. The number of nitrogens with zero attached hydrogens (tertiary/aromatic N) is 2. The Balaban J connectivity index is 1.01.